The van der Waals surface area contributed by atoms with Crippen molar-refractivity contribution < 1.29 is 52.4 Å². The summed E-state index contributed by atoms with van der Waals surface area (Å²) in [5, 5.41) is 13.5. The van der Waals surface area contributed by atoms with Gasteiger partial charge < -0.3 is 15.0 Å². The van der Waals surface area contributed by atoms with Crippen molar-refractivity contribution in [1.82, 2.24) is 5.32 Å². The molecule has 0 atom stereocenters. The smallest absolute Gasteiger partial charge is 0.744 e. The number of unbranched alkanes of at least 4 members (excludes halogenated alkanes) is 15. The van der Waals surface area contributed by atoms with E-state index in [1.54, 1.807) is 12.1 Å². The number of rotatable bonds is 19. The van der Waals surface area contributed by atoms with Crippen LogP contribution in [0.1, 0.15) is 120 Å². The predicted octanol–water partition coefficient (Wildman–Crippen LogP) is 4.44. The number of hydrogen-bond acceptors (Lipinski definition) is 5. The molecular weight excluding hydrogens is 497 g/mol. The van der Waals surface area contributed by atoms with Crippen LogP contribution in [0.15, 0.2) is 35.2 Å². The Morgan fingerprint density at radius 2 is 1.22 bits per heavy atom. The fourth-order valence-corrected chi connectivity index (χ4v) is 5.39. The van der Waals surface area contributed by atoms with Crippen LogP contribution in [0.4, 0.5) is 0 Å². The molecule has 0 saturated heterocycles. The van der Waals surface area contributed by atoms with E-state index in [-0.39, 0.29) is 51.6 Å². The molecule has 6 nitrogen and oxygen atoms in total. The van der Waals surface area contributed by atoms with Crippen LogP contribution >= 0.6 is 0 Å². The number of fused-ring (bicyclic) bond motifs is 1. The number of nitrogens with one attached hydrogen (secondary N) is 1. The molecule has 2 aromatic carbocycles. The molecule has 0 aliphatic heterocycles. The van der Waals surface area contributed by atoms with Crippen molar-refractivity contribution in [2.75, 3.05) is 6.54 Å². The van der Waals surface area contributed by atoms with E-state index in [1.165, 1.54) is 95.6 Å². The summed E-state index contributed by atoms with van der Waals surface area (Å²) in [6.07, 6.45) is 20.3. The van der Waals surface area contributed by atoms with Crippen LogP contribution in [0, 0.1) is 0 Å². The van der Waals surface area contributed by atoms with Crippen molar-refractivity contribution in [3.63, 3.8) is 0 Å². The van der Waals surface area contributed by atoms with Gasteiger partial charge in [-0.3, -0.25) is 4.79 Å². The Balaban J connectivity index is 0.00000684. The summed E-state index contributed by atoms with van der Waals surface area (Å²) in [6, 6.07) is 7.10. The average Bonchev–Trinajstić information content (AvgIpc) is 2.85. The molecule has 0 saturated carbocycles. The van der Waals surface area contributed by atoms with Gasteiger partial charge in [-0.05, 0) is 12.5 Å². The van der Waals surface area contributed by atoms with Gasteiger partial charge in [-0.2, -0.15) is 0 Å². The Labute approximate surface area is 246 Å². The largest absolute Gasteiger partial charge is 1.00 e. The Kier molecular flexibility index (Phi) is 17.4. The zero-order valence-corrected chi connectivity index (χ0v) is 25.7. The fourth-order valence-electron chi connectivity index (χ4n) is 4.68. The van der Waals surface area contributed by atoms with Gasteiger partial charge in [0.15, 0.2) is 0 Å². The first kappa shape index (κ1) is 33.9. The van der Waals surface area contributed by atoms with Crippen molar-refractivity contribution in [2.45, 2.75) is 115 Å². The number of aromatic hydroxyl groups is 1. The molecule has 0 heterocycles. The molecule has 202 valence electrons. The van der Waals surface area contributed by atoms with Crippen molar-refractivity contribution in [3.05, 3.63) is 35.9 Å². The summed E-state index contributed by atoms with van der Waals surface area (Å²) >= 11 is 0. The zero-order chi connectivity index (χ0) is 26.2. The number of amides is 1. The minimum Gasteiger partial charge on any atom is -0.744 e. The molecule has 0 bridgehead atoms. The molecule has 8 heteroatoms. The quantitative estimate of drug-likeness (QED) is 0.155. The van der Waals surface area contributed by atoms with Crippen LogP contribution in [-0.4, -0.2) is 30.5 Å². The van der Waals surface area contributed by atoms with E-state index >= 15 is 0 Å². The molecule has 0 aliphatic rings. The summed E-state index contributed by atoms with van der Waals surface area (Å²) in [6.45, 7) is 2.69. The molecule has 0 aromatic heterocycles. The number of phenolic OH excluding ortho intramolecular Hbond substituents is 1. The number of benzene rings is 2. The maximum atomic E-state index is 12.6. The van der Waals surface area contributed by atoms with E-state index in [9.17, 15) is 22.9 Å². The van der Waals surface area contributed by atoms with Gasteiger partial charge >= 0.3 is 29.6 Å². The van der Waals surface area contributed by atoms with Crippen LogP contribution in [0.3, 0.4) is 0 Å². The van der Waals surface area contributed by atoms with Gasteiger partial charge in [-0.25, -0.2) is 8.42 Å². The summed E-state index contributed by atoms with van der Waals surface area (Å²) in [5.74, 6) is -0.897. The number of carbonyl (C=O) groups excluding carboxylic acids is 1. The maximum absolute atomic E-state index is 12.6. The second-order valence-corrected chi connectivity index (χ2v) is 11.2. The molecule has 1 amide bonds. The fraction of sp³-hybridized carbons (Fsp3) is 0.621. The van der Waals surface area contributed by atoms with E-state index in [0.717, 1.165) is 25.3 Å². The third-order valence-corrected chi connectivity index (χ3v) is 7.68. The molecule has 0 radical (unpaired) electrons. The van der Waals surface area contributed by atoms with Gasteiger partial charge in [-0.1, -0.05) is 128 Å². The molecular formula is C29H44NNaO5S. The Hall–Kier alpha value is -1.12. The molecule has 2 N–H and O–H groups in total. The molecule has 0 aliphatic carbocycles. The molecule has 0 spiro atoms. The van der Waals surface area contributed by atoms with Crippen LogP contribution in [0.25, 0.3) is 10.8 Å². The van der Waals surface area contributed by atoms with Crippen molar-refractivity contribution >= 4 is 26.8 Å². The topological polar surface area (TPSA) is 107 Å². The SMILES string of the molecule is CCCCCCCCCCCCCCCCCCNC(=O)c1cc(S(=O)(=O)[O-])c2ccccc2c1O.[Na+]. The third-order valence-electron chi connectivity index (χ3n) is 6.81. The first-order chi connectivity index (χ1) is 17.4. The van der Waals surface area contributed by atoms with Crippen LogP contribution in [0.5, 0.6) is 5.75 Å². The predicted molar refractivity (Wildman–Crippen MR) is 145 cm³/mol. The Bertz CT molecular complexity index is 1040. The summed E-state index contributed by atoms with van der Waals surface area (Å²) < 4.78 is 35.1. The van der Waals surface area contributed by atoms with E-state index < -0.39 is 20.9 Å². The average molecular weight is 542 g/mol. The standard InChI is InChI=1S/C29H45NO5S.Na/c1-2-3-4-5-6-7-8-9-10-11-12-13-14-15-16-19-22-30-29(32)26-23-27(36(33,34)35)24-20-17-18-21-25(24)28(26)31;/h17-18,20-21,23,31H,2-16,19,22H2,1H3,(H,30,32)(H,33,34,35);/q;+1/p-1. The molecule has 2 rings (SSSR count). The maximum Gasteiger partial charge on any atom is 1.00 e. The van der Waals surface area contributed by atoms with Gasteiger partial charge in [0.1, 0.15) is 15.9 Å². The number of carbonyl (C=O) groups is 1. The van der Waals surface area contributed by atoms with Gasteiger partial charge in [0.05, 0.1) is 10.5 Å². The number of phenols is 1. The first-order valence-corrected chi connectivity index (χ1v) is 15.3. The molecule has 37 heavy (non-hydrogen) atoms. The van der Waals surface area contributed by atoms with Crippen LogP contribution < -0.4 is 34.9 Å². The zero-order valence-electron chi connectivity index (χ0n) is 22.9. The van der Waals surface area contributed by atoms with Gasteiger partial charge in [0.2, 0.25) is 0 Å². The third kappa shape index (κ3) is 12.5. The van der Waals surface area contributed by atoms with Crippen LogP contribution in [0.2, 0.25) is 0 Å². The van der Waals surface area contributed by atoms with E-state index in [1.807, 2.05) is 0 Å². The minimum atomic E-state index is -4.80. The number of hydrogen-bond donors (Lipinski definition) is 2. The van der Waals surface area contributed by atoms with E-state index in [4.69, 9.17) is 0 Å². The first-order valence-electron chi connectivity index (χ1n) is 13.8. The summed E-state index contributed by atoms with van der Waals surface area (Å²) in [5.41, 5.74) is -0.195. The summed E-state index contributed by atoms with van der Waals surface area (Å²) in [7, 11) is -4.80. The molecule has 0 unspecified atom stereocenters. The van der Waals surface area contributed by atoms with Gasteiger partial charge in [0, 0.05) is 17.3 Å². The van der Waals surface area contributed by atoms with Gasteiger partial charge in [0.25, 0.3) is 5.91 Å². The van der Waals surface area contributed by atoms with Crippen molar-refractivity contribution in [2.24, 2.45) is 0 Å². The Morgan fingerprint density at radius 3 is 1.68 bits per heavy atom. The van der Waals surface area contributed by atoms with Gasteiger partial charge in [-0.15, -0.1) is 0 Å². The second-order valence-electron chi connectivity index (χ2n) is 9.83. The minimum absolute atomic E-state index is 0. The monoisotopic (exact) mass is 541 g/mol. The van der Waals surface area contributed by atoms with Crippen LogP contribution in [-0.2, 0) is 10.1 Å². The molecule has 0 fully saturated rings. The van der Waals surface area contributed by atoms with Crippen molar-refractivity contribution in [3.8, 4) is 5.75 Å². The van der Waals surface area contributed by atoms with E-state index in [0.29, 0.717) is 6.54 Å². The summed E-state index contributed by atoms with van der Waals surface area (Å²) in [4.78, 5) is 12.1. The molecule has 2 aromatic rings. The van der Waals surface area contributed by atoms with Crippen molar-refractivity contribution in [1.29, 1.82) is 0 Å². The van der Waals surface area contributed by atoms with E-state index in [2.05, 4.69) is 12.2 Å². The normalized spacial score (nSPS) is 11.4. The Morgan fingerprint density at radius 1 is 0.784 bits per heavy atom. The second kappa shape index (κ2) is 19.0.